The molecule has 1 fully saturated rings. The van der Waals surface area contributed by atoms with Crippen molar-refractivity contribution in [2.45, 2.75) is 89.1 Å². The van der Waals surface area contributed by atoms with E-state index in [1.54, 1.807) is 20.8 Å². The first kappa shape index (κ1) is 32.2. The molecule has 0 aromatic carbocycles. The number of hydrogen-bond donors (Lipinski definition) is 3. The van der Waals surface area contributed by atoms with E-state index in [1.165, 1.54) is 25.4 Å². The number of amides is 3. The van der Waals surface area contributed by atoms with Crippen molar-refractivity contribution < 1.29 is 45.8 Å². The second-order valence-electron chi connectivity index (χ2n) is 10.5. The summed E-state index contributed by atoms with van der Waals surface area (Å²) in [5.74, 6) is -4.97. The molecule has 0 aliphatic heterocycles. The first-order valence-corrected chi connectivity index (χ1v) is 12.5. The molecule has 0 radical (unpaired) electrons. The van der Waals surface area contributed by atoms with Crippen LogP contribution in [0.5, 0.6) is 0 Å². The molecule has 2 atom stereocenters. The van der Waals surface area contributed by atoms with Crippen molar-refractivity contribution in [3.05, 3.63) is 23.9 Å². The van der Waals surface area contributed by atoms with Crippen LogP contribution in [0.3, 0.4) is 0 Å². The lowest BCUT2D eigenvalue weighted by molar-refractivity contribution is -0.144. The number of anilines is 1. The predicted octanol–water partition coefficient (Wildman–Crippen LogP) is 4.89. The molecule has 14 heteroatoms. The van der Waals surface area contributed by atoms with E-state index < -0.39 is 79.3 Å². The number of hydrogen-bond acceptors (Lipinski definition) is 6. The van der Waals surface area contributed by atoms with Gasteiger partial charge in [0.25, 0.3) is 0 Å². The maximum Gasteiger partial charge on any atom is 0.408 e. The summed E-state index contributed by atoms with van der Waals surface area (Å²) >= 11 is 0. The van der Waals surface area contributed by atoms with E-state index in [1.807, 2.05) is 0 Å². The molecule has 0 bridgehead atoms. The highest BCUT2D eigenvalue weighted by Gasteiger charge is 2.41. The zero-order chi connectivity index (χ0) is 29.4. The van der Waals surface area contributed by atoms with Gasteiger partial charge in [-0.1, -0.05) is 0 Å². The number of nitrogens with zero attached hydrogens (tertiary/aromatic N) is 1. The lowest BCUT2D eigenvalue weighted by Gasteiger charge is -2.33. The molecular formula is C25H35F5N4O5. The van der Waals surface area contributed by atoms with Gasteiger partial charge in [-0.3, -0.25) is 9.59 Å². The molecule has 1 aliphatic rings. The summed E-state index contributed by atoms with van der Waals surface area (Å²) < 4.78 is 75.2. The number of rotatable bonds is 10. The highest BCUT2D eigenvalue weighted by atomic mass is 19.4. The van der Waals surface area contributed by atoms with Crippen LogP contribution in [0.25, 0.3) is 0 Å². The molecular weight excluding hydrogens is 531 g/mol. The Morgan fingerprint density at radius 1 is 1.13 bits per heavy atom. The van der Waals surface area contributed by atoms with Gasteiger partial charge >= 0.3 is 12.3 Å². The van der Waals surface area contributed by atoms with Gasteiger partial charge in [-0.15, -0.1) is 0 Å². The summed E-state index contributed by atoms with van der Waals surface area (Å²) in [6.07, 6.45) is -6.99. The smallest absolute Gasteiger partial charge is 0.408 e. The molecule has 0 spiro atoms. The van der Waals surface area contributed by atoms with Gasteiger partial charge in [-0.25, -0.2) is 18.6 Å². The Morgan fingerprint density at radius 2 is 1.77 bits per heavy atom. The summed E-state index contributed by atoms with van der Waals surface area (Å²) in [4.78, 5) is 41.8. The van der Waals surface area contributed by atoms with Crippen LogP contribution in [0, 0.1) is 5.92 Å². The van der Waals surface area contributed by atoms with Gasteiger partial charge in [-0.05, 0) is 57.2 Å². The Morgan fingerprint density at radius 3 is 2.33 bits per heavy atom. The van der Waals surface area contributed by atoms with Crippen molar-refractivity contribution in [3.63, 3.8) is 0 Å². The first-order chi connectivity index (χ1) is 18.0. The van der Waals surface area contributed by atoms with Crippen LogP contribution in [-0.4, -0.2) is 60.3 Å². The lowest BCUT2D eigenvalue weighted by Crippen LogP contribution is -2.51. The van der Waals surface area contributed by atoms with E-state index in [0.717, 1.165) is 0 Å². The van der Waals surface area contributed by atoms with Crippen LogP contribution in [0.15, 0.2) is 18.3 Å². The quantitative estimate of drug-likeness (QED) is 0.347. The van der Waals surface area contributed by atoms with Gasteiger partial charge in [-0.2, -0.15) is 13.2 Å². The number of nitrogens with one attached hydrogen (secondary N) is 3. The standard InChI is InChI=1S/C25H35F5N4O5/c1-23(2,3)39-22(37)34-20(15-5-9-24(26,27)10-6-15)21(36)33-18-13-16(8-12-31-18)17(14-38-4)32-19(35)7-11-25(28,29)30/h8,12-13,15,17,20H,5-7,9-11,14H2,1-4H3,(H,32,35)(H,34,37)(H,31,33,36)/t17?,20-/m0/s1. The molecule has 3 amide bonds. The van der Waals surface area contributed by atoms with Crippen molar-refractivity contribution in [1.29, 1.82) is 0 Å². The zero-order valence-corrected chi connectivity index (χ0v) is 22.3. The molecule has 1 saturated carbocycles. The summed E-state index contributed by atoms with van der Waals surface area (Å²) in [5.41, 5.74) is -0.474. The second-order valence-corrected chi connectivity index (χ2v) is 10.5. The minimum atomic E-state index is -4.49. The van der Waals surface area contributed by atoms with Crippen molar-refractivity contribution >= 4 is 23.7 Å². The van der Waals surface area contributed by atoms with Crippen LogP contribution >= 0.6 is 0 Å². The van der Waals surface area contributed by atoms with Crippen molar-refractivity contribution in [1.82, 2.24) is 15.6 Å². The molecule has 1 unspecified atom stereocenters. The average Bonchev–Trinajstić information content (AvgIpc) is 2.80. The van der Waals surface area contributed by atoms with Gasteiger partial charge in [0.15, 0.2) is 0 Å². The monoisotopic (exact) mass is 566 g/mol. The van der Waals surface area contributed by atoms with Gasteiger partial charge in [0.1, 0.15) is 17.5 Å². The molecule has 9 nitrogen and oxygen atoms in total. The summed E-state index contributed by atoms with van der Waals surface area (Å²) in [5, 5.41) is 7.51. The fourth-order valence-corrected chi connectivity index (χ4v) is 4.07. The molecule has 39 heavy (non-hydrogen) atoms. The van der Waals surface area contributed by atoms with Crippen LogP contribution in [0.4, 0.5) is 32.6 Å². The molecule has 1 aliphatic carbocycles. The van der Waals surface area contributed by atoms with Gasteiger partial charge in [0.2, 0.25) is 17.7 Å². The highest BCUT2D eigenvalue weighted by Crippen LogP contribution is 2.37. The zero-order valence-electron chi connectivity index (χ0n) is 22.3. The summed E-state index contributed by atoms with van der Waals surface area (Å²) in [7, 11) is 1.35. The summed E-state index contributed by atoms with van der Waals surface area (Å²) in [6.45, 7) is 4.83. The van der Waals surface area contributed by atoms with E-state index in [2.05, 4.69) is 20.9 Å². The maximum atomic E-state index is 13.7. The number of carbonyl (C=O) groups is 3. The number of carbonyl (C=O) groups excluding carboxylic acids is 3. The molecule has 1 heterocycles. The molecule has 3 N–H and O–H groups in total. The molecule has 220 valence electrons. The van der Waals surface area contributed by atoms with Gasteiger partial charge < -0.3 is 25.4 Å². The van der Waals surface area contributed by atoms with Gasteiger partial charge in [0, 0.05) is 32.6 Å². The van der Waals surface area contributed by atoms with Gasteiger partial charge in [0.05, 0.1) is 19.1 Å². The number of alkyl halides is 5. The van der Waals surface area contributed by atoms with E-state index in [9.17, 15) is 36.3 Å². The van der Waals surface area contributed by atoms with Crippen molar-refractivity contribution in [2.75, 3.05) is 19.0 Å². The van der Waals surface area contributed by atoms with E-state index in [-0.39, 0.29) is 25.3 Å². The van der Waals surface area contributed by atoms with E-state index >= 15 is 0 Å². The number of methoxy groups -OCH3 is 1. The third kappa shape index (κ3) is 11.7. The fraction of sp³-hybridized carbons (Fsp3) is 0.680. The highest BCUT2D eigenvalue weighted by molar-refractivity contribution is 5.96. The normalized spacial score (nSPS) is 17.6. The van der Waals surface area contributed by atoms with E-state index in [4.69, 9.17) is 9.47 Å². The number of ether oxygens (including phenoxy) is 2. The Hall–Kier alpha value is -3.03. The third-order valence-electron chi connectivity index (χ3n) is 5.93. The Balaban J connectivity index is 2.18. The third-order valence-corrected chi connectivity index (χ3v) is 5.93. The van der Waals surface area contributed by atoms with E-state index in [0.29, 0.717) is 5.56 Å². The second kappa shape index (κ2) is 13.4. The largest absolute Gasteiger partial charge is 0.444 e. The number of aromatic nitrogens is 1. The number of pyridine rings is 1. The Kier molecular flexibility index (Phi) is 11.0. The average molecular weight is 567 g/mol. The number of alkyl carbamates (subject to hydrolysis) is 1. The molecule has 2 rings (SSSR count). The SMILES string of the molecule is COCC(NC(=O)CCC(F)(F)F)c1ccnc(NC(=O)[C@@H](NC(=O)OC(C)(C)C)C2CCC(F)(F)CC2)c1. The topological polar surface area (TPSA) is 119 Å². The lowest BCUT2D eigenvalue weighted by atomic mass is 9.81. The maximum absolute atomic E-state index is 13.7. The van der Waals surface area contributed by atoms with Crippen LogP contribution in [0.2, 0.25) is 0 Å². The predicted molar refractivity (Wildman–Crippen MR) is 131 cm³/mol. The van der Waals surface area contributed by atoms with Crippen LogP contribution in [-0.2, 0) is 19.1 Å². The summed E-state index contributed by atoms with van der Waals surface area (Å²) in [6, 6.07) is 0.845. The molecule has 1 aromatic heterocycles. The minimum Gasteiger partial charge on any atom is -0.444 e. The van der Waals surface area contributed by atoms with Crippen LogP contribution < -0.4 is 16.0 Å². The fourth-order valence-electron chi connectivity index (χ4n) is 4.07. The molecule has 0 saturated heterocycles. The molecule has 1 aromatic rings. The van der Waals surface area contributed by atoms with Crippen molar-refractivity contribution in [3.8, 4) is 0 Å². The number of halogens is 5. The minimum absolute atomic E-state index is 0.00573. The Bertz CT molecular complexity index is 990. The van der Waals surface area contributed by atoms with Crippen molar-refractivity contribution in [2.24, 2.45) is 5.92 Å². The Labute approximate surface area is 223 Å². The first-order valence-electron chi connectivity index (χ1n) is 12.5. The van der Waals surface area contributed by atoms with Crippen LogP contribution in [0.1, 0.15) is 70.9 Å².